The molecule has 0 aliphatic rings. The minimum absolute atomic E-state index is 0.0263. The van der Waals surface area contributed by atoms with Gasteiger partial charge in [0, 0.05) is 48.1 Å². The average molecular weight is 454 g/mol. The number of benzene rings is 1. The third-order valence-electron chi connectivity index (χ3n) is 4.52. The van der Waals surface area contributed by atoms with E-state index in [4.69, 9.17) is 11.6 Å². The van der Waals surface area contributed by atoms with Crippen molar-refractivity contribution in [1.82, 2.24) is 25.1 Å². The molecule has 4 rings (SSSR count). The van der Waals surface area contributed by atoms with Crippen LogP contribution in [-0.2, 0) is 6.42 Å². The van der Waals surface area contributed by atoms with Crippen LogP contribution < -0.4 is 10.6 Å². The van der Waals surface area contributed by atoms with Gasteiger partial charge in [-0.3, -0.25) is 10.1 Å². The number of H-pyrrole nitrogens is 1. The van der Waals surface area contributed by atoms with E-state index in [1.54, 1.807) is 24.8 Å². The van der Waals surface area contributed by atoms with Crippen molar-refractivity contribution >= 4 is 35.0 Å². The summed E-state index contributed by atoms with van der Waals surface area (Å²) in [7, 11) is 0. The second kappa shape index (κ2) is 9.40. The number of hydrogen-bond donors (Lipinski definition) is 4. The molecule has 4 N–H and O–H groups in total. The van der Waals surface area contributed by atoms with Gasteiger partial charge in [-0.1, -0.05) is 11.6 Å². The molecule has 11 heteroatoms. The lowest BCUT2D eigenvalue weighted by Gasteiger charge is -2.13. The summed E-state index contributed by atoms with van der Waals surface area (Å²) in [6, 6.07) is 5.69. The predicted octanol–water partition coefficient (Wildman–Crippen LogP) is 4.15. The van der Waals surface area contributed by atoms with Crippen molar-refractivity contribution in [2.24, 2.45) is 0 Å². The van der Waals surface area contributed by atoms with Gasteiger partial charge in [-0.25, -0.2) is 14.2 Å². The van der Waals surface area contributed by atoms with E-state index in [1.165, 1.54) is 30.5 Å². The van der Waals surface area contributed by atoms with E-state index in [2.05, 4.69) is 35.8 Å². The molecule has 0 spiro atoms. The Bertz CT molecular complexity index is 1250. The van der Waals surface area contributed by atoms with Crippen molar-refractivity contribution in [2.45, 2.75) is 6.42 Å². The topological polar surface area (TPSA) is 129 Å². The summed E-state index contributed by atoms with van der Waals surface area (Å²) in [5, 5.41) is 22.2. The fourth-order valence-electron chi connectivity index (χ4n) is 2.93. The number of carboxylic acids is 1. The molecule has 0 aliphatic heterocycles. The van der Waals surface area contributed by atoms with E-state index in [-0.39, 0.29) is 16.5 Å². The van der Waals surface area contributed by atoms with Gasteiger partial charge in [0.2, 0.25) is 5.95 Å². The standard InChI is InChI=1S/C21H17ClFN7O2/c22-17-6-15(1-2-18(17)23)29-21-26-11-16(13-5-14(20(31)32)10-24-9-13)19(30-21)25-4-3-12-7-27-28-8-12/h1-2,5-11H,3-4H2,(H,27,28)(H,31,32)(H2,25,26,29,30). The summed E-state index contributed by atoms with van der Waals surface area (Å²) < 4.78 is 13.4. The van der Waals surface area contributed by atoms with Gasteiger partial charge in [0.15, 0.2) is 0 Å². The SMILES string of the molecule is O=C(O)c1cncc(-c2cnc(Nc3ccc(F)c(Cl)c3)nc2NCCc2cn[nH]c2)c1. The van der Waals surface area contributed by atoms with E-state index in [0.717, 1.165) is 5.56 Å². The number of halogens is 2. The lowest BCUT2D eigenvalue weighted by atomic mass is 10.1. The van der Waals surface area contributed by atoms with Crippen LogP contribution in [0.2, 0.25) is 5.02 Å². The maximum atomic E-state index is 13.4. The van der Waals surface area contributed by atoms with E-state index < -0.39 is 11.8 Å². The normalized spacial score (nSPS) is 10.7. The summed E-state index contributed by atoms with van der Waals surface area (Å²) >= 11 is 5.84. The first-order valence-electron chi connectivity index (χ1n) is 9.49. The number of rotatable bonds is 8. The van der Waals surface area contributed by atoms with Crippen LogP contribution >= 0.6 is 11.6 Å². The number of hydrogen-bond acceptors (Lipinski definition) is 7. The van der Waals surface area contributed by atoms with Gasteiger partial charge in [0.05, 0.1) is 16.8 Å². The van der Waals surface area contributed by atoms with Crippen LogP contribution in [0.1, 0.15) is 15.9 Å². The molecule has 0 saturated heterocycles. The fourth-order valence-corrected chi connectivity index (χ4v) is 3.12. The summed E-state index contributed by atoms with van der Waals surface area (Å²) in [5.41, 5.74) is 2.71. The zero-order valence-electron chi connectivity index (χ0n) is 16.5. The maximum Gasteiger partial charge on any atom is 0.337 e. The van der Waals surface area contributed by atoms with Crippen molar-refractivity contribution in [3.63, 3.8) is 0 Å². The molecule has 1 aromatic carbocycles. The maximum absolute atomic E-state index is 13.4. The fraction of sp³-hybridized carbons (Fsp3) is 0.0952. The van der Waals surface area contributed by atoms with Gasteiger partial charge in [0.25, 0.3) is 0 Å². The molecule has 3 heterocycles. The largest absolute Gasteiger partial charge is 0.478 e. The Morgan fingerprint density at radius 2 is 2.06 bits per heavy atom. The monoisotopic (exact) mass is 453 g/mol. The van der Waals surface area contributed by atoms with Crippen LogP contribution in [0.15, 0.2) is 55.2 Å². The van der Waals surface area contributed by atoms with Crippen LogP contribution in [0, 0.1) is 5.82 Å². The Hall–Kier alpha value is -4.05. The lowest BCUT2D eigenvalue weighted by molar-refractivity contribution is 0.0696. The Kier molecular flexibility index (Phi) is 6.22. The average Bonchev–Trinajstić information content (AvgIpc) is 3.30. The second-order valence-electron chi connectivity index (χ2n) is 6.76. The minimum Gasteiger partial charge on any atom is -0.478 e. The van der Waals surface area contributed by atoms with Crippen LogP contribution in [-0.4, -0.2) is 42.8 Å². The molecule has 3 aromatic heterocycles. The Balaban J connectivity index is 1.64. The Morgan fingerprint density at radius 3 is 2.81 bits per heavy atom. The van der Waals surface area contributed by atoms with Gasteiger partial charge < -0.3 is 15.7 Å². The number of carbonyl (C=O) groups is 1. The molecule has 162 valence electrons. The number of aromatic amines is 1. The second-order valence-corrected chi connectivity index (χ2v) is 7.17. The molecule has 9 nitrogen and oxygen atoms in total. The van der Waals surface area contributed by atoms with Gasteiger partial charge in [0.1, 0.15) is 11.6 Å². The lowest BCUT2D eigenvalue weighted by Crippen LogP contribution is -2.09. The number of nitrogens with one attached hydrogen (secondary N) is 3. The Labute approximate surface area is 186 Å². The molecular weight excluding hydrogens is 437 g/mol. The molecule has 0 unspecified atom stereocenters. The first kappa shape index (κ1) is 21.2. The summed E-state index contributed by atoms with van der Waals surface area (Å²) in [6.45, 7) is 0.539. The highest BCUT2D eigenvalue weighted by molar-refractivity contribution is 6.31. The predicted molar refractivity (Wildman–Crippen MR) is 118 cm³/mol. The van der Waals surface area contributed by atoms with Crippen molar-refractivity contribution in [3.8, 4) is 11.1 Å². The molecular formula is C21H17ClFN7O2. The number of aromatic carboxylic acids is 1. The van der Waals surface area contributed by atoms with Crippen molar-refractivity contribution in [3.05, 3.63) is 77.2 Å². The van der Waals surface area contributed by atoms with Crippen LogP contribution in [0.3, 0.4) is 0 Å². The van der Waals surface area contributed by atoms with Gasteiger partial charge >= 0.3 is 5.97 Å². The number of aromatic nitrogens is 5. The molecule has 4 aromatic rings. The number of carboxylic acid groups (broad SMARTS) is 1. The smallest absolute Gasteiger partial charge is 0.337 e. The number of nitrogens with zero attached hydrogens (tertiary/aromatic N) is 4. The molecule has 0 aliphatic carbocycles. The van der Waals surface area contributed by atoms with Crippen molar-refractivity contribution in [1.29, 1.82) is 0 Å². The highest BCUT2D eigenvalue weighted by Gasteiger charge is 2.13. The molecule has 0 amide bonds. The third kappa shape index (κ3) is 4.98. The summed E-state index contributed by atoms with van der Waals surface area (Å²) in [6.07, 6.45) is 8.58. The number of pyridine rings is 1. The van der Waals surface area contributed by atoms with Gasteiger partial charge in [-0.15, -0.1) is 0 Å². The quantitative estimate of drug-likeness (QED) is 0.313. The van der Waals surface area contributed by atoms with E-state index >= 15 is 0 Å². The highest BCUT2D eigenvalue weighted by Crippen LogP contribution is 2.28. The van der Waals surface area contributed by atoms with E-state index in [1.807, 2.05) is 0 Å². The molecule has 0 fully saturated rings. The zero-order chi connectivity index (χ0) is 22.5. The number of anilines is 3. The summed E-state index contributed by atoms with van der Waals surface area (Å²) in [4.78, 5) is 24.2. The highest BCUT2D eigenvalue weighted by atomic mass is 35.5. The molecule has 0 atom stereocenters. The van der Waals surface area contributed by atoms with Crippen LogP contribution in [0.5, 0.6) is 0 Å². The van der Waals surface area contributed by atoms with Gasteiger partial charge in [-0.05, 0) is 36.2 Å². The third-order valence-corrected chi connectivity index (χ3v) is 4.81. The first-order valence-corrected chi connectivity index (χ1v) is 9.87. The summed E-state index contributed by atoms with van der Waals surface area (Å²) in [5.74, 6) is -0.879. The molecule has 32 heavy (non-hydrogen) atoms. The van der Waals surface area contributed by atoms with E-state index in [9.17, 15) is 14.3 Å². The van der Waals surface area contributed by atoms with Crippen molar-refractivity contribution < 1.29 is 14.3 Å². The molecule has 0 bridgehead atoms. The van der Waals surface area contributed by atoms with Crippen LogP contribution in [0.25, 0.3) is 11.1 Å². The molecule has 0 saturated carbocycles. The minimum atomic E-state index is -1.08. The zero-order valence-corrected chi connectivity index (χ0v) is 17.3. The van der Waals surface area contributed by atoms with E-state index in [0.29, 0.717) is 35.6 Å². The first-order chi connectivity index (χ1) is 15.5. The van der Waals surface area contributed by atoms with Crippen molar-refractivity contribution in [2.75, 3.05) is 17.2 Å². The molecule has 0 radical (unpaired) electrons. The van der Waals surface area contributed by atoms with Gasteiger partial charge in [-0.2, -0.15) is 10.1 Å². The Morgan fingerprint density at radius 1 is 1.19 bits per heavy atom. The van der Waals surface area contributed by atoms with Crippen LogP contribution in [0.4, 0.5) is 21.8 Å².